The predicted molar refractivity (Wildman–Crippen MR) is 83.9 cm³/mol. The molecule has 6 nitrogen and oxygen atoms in total. The van der Waals surface area contributed by atoms with E-state index in [1.165, 1.54) is 6.92 Å². The van der Waals surface area contributed by atoms with Gasteiger partial charge in [-0.1, -0.05) is 0 Å². The van der Waals surface area contributed by atoms with E-state index in [9.17, 15) is 9.90 Å². The summed E-state index contributed by atoms with van der Waals surface area (Å²) in [5.41, 5.74) is 2.71. The maximum atomic E-state index is 10.9. The van der Waals surface area contributed by atoms with Crippen molar-refractivity contribution in [2.24, 2.45) is 0 Å². The Hall–Kier alpha value is -2.34. The molecule has 1 aromatic carbocycles. The summed E-state index contributed by atoms with van der Waals surface area (Å²) >= 11 is 0. The van der Waals surface area contributed by atoms with Crippen molar-refractivity contribution in [3.63, 3.8) is 0 Å². The molecular weight excluding hydrogens is 282 g/mol. The molecule has 1 heterocycles. The summed E-state index contributed by atoms with van der Waals surface area (Å²) in [4.78, 5) is 15.1. The molecule has 22 heavy (non-hydrogen) atoms. The lowest BCUT2D eigenvalue weighted by atomic mass is 10.3. The summed E-state index contributed by atoms with van der Waals surface area (Å²) in [6.45, 7) is 6.00. The SMILES string of the molecule is CC(=O)Nc1ccc(OCC(O)Cn2cnc(C)c2C)cc1. The van der Waals surface area contributed by atoms with Crippen LogP contribution in [0.5, 0.6) is 5.75 Å². The third-order valence-electron chi connectivity index (χ3n) is 3.37. The highest BCUT2D eigenvalue weighted by Gasteiger charge is 2.09. The van der Waals surface area contributed by atoms with Gasteiger partial charge in [0, 0.05) is 18.3 Å². The molecule has 1 atom stereocenters. The number of imidazole rings is 1. The molecule has 1 aromatic heterocycles. The topological polar surface area (TPSA) is 76.4 Å². The Labute approximate surface area is 129 Å². The van der Waals surface area contributed by atoms with Crippen LogP contribution in [-0.2, 0) is 11.3 Å². The molecule has 0 aliphatic rings. The number of anilines is 1. The second kappa shape index (κ2) is 7.09. The summed E-state index contributed by atoms with van der Waals surface area (Å²) in [7, 11) is 0. The van der Waals surface area contributed by atoms with Crippen molar-refractivity contribution < 1.29 is 14.6 Å². The minimum atomic E-state index is -0.623. The van der Waals surface area contributed by atoms with Crippen molar-refractivity contribution in [1.29, 1.82) is 0 Å². The number of benzene rings is 1. The van der Waals surface area contributed by atoms with Crippen molar-refractivity contribution >= 4 is 11.6 Å². The molecule has 0 saturated carbocycles. The molecule has 2 aromatic rings. The van der Waals surface area contributed by atoms with Crippen molar-refractivity contribution in [1.82, 2.24) is 9.55 Å². The number of aryl methyl sites for hydroxylation is 1. The first-order valence-corrected chi connectivity index (χ1v) is 7.12. The normalized spacial score (nSPS) is 12.0. The number of carbonyl (C=O) groups is 1. The number of amides is 1. The van der Waals surface area contributed by atoms with Crippen molar-refractivity contribution in [3.05, 3.63) is 42.0 Å². The Morgan fingerprint density at radius 1 is 1.36 bits per heavy atom. The van der Waals surface area contributed by atoms with Crippen LogP contribution in [0.2, 0.25) is 0 Å². The molecule has 2 rings (SSSR count). The Morgan fingerprint density at radius 3 is 2.59 bits per heavy atom. The number of hydrogen-bond acceptors (Lipinski definition) is 4. The van der Waals surface area contributed by atoms with Crippen molar-refractivity contribution in [3.8, 4) is 5.75 Å². The zero-order chi connectivity index (χ0) is 16.1. The summed E-state index contributed by atoms with van der Waals surface area (Å²) in [5.74, 6) is 0.529. The standard InChI is InChI=1S/C16H21N3O3/c1-11-12(2)19(10-17-11)8-15(21)9-22-16-6-4-14(5-7-16)18-13(3)20/h4-7,10,15,21H,8-9H2,1-3H3,(H,18,20). The summed E-state index contributed by atoms with van der Waals surface area (Å²) < 4.78 is 7.46. The molecule has 0 fully saturated rings. The highest BCUT2D eigenvalue weighted by molar-refractivity contribution is 5.88. The van der Waals surface area contributed by atoms with E-state index >= 15 is 0 Å². The predicted octanol–water partition coefficient (Wildman–Crippen LogP) is 1.90. The Balaban J connectivity index is 1.84. The monoisotopic (exact) mass is 303 g/mol. The third kappa shape index (κ3) is 4.33. The van der Waals surface area contributed by atoms with Crippen molar-refractivity contribution in [2.45, 2.75) is 33.4 Å². The van der Waals surface area contributed by atoms with Crippen LogP contribution in [0.3, 0.4) is 0 Å². The molecule has 1 unspecified atom stereocenters. The number of nitrogens with zero attached hydrogens (tertiary/aromatic N) is 2. The Morgan fingerprint density at radius 2 is 2.05 bits per heavy atom. The van der Waals surface area contributed by atoms with E-state index in [1.54, 1.807) is 30.6 Å². The van der Waals surface area contributed by atoms with E-state index in [0.29, 0.717) is 18.0 Å². The molecule has 2 N–H and O–H groups in total. The number of aromatic nitrogens is 2. The lowest BCUT2D eigenvalue weighted by Crippen LogP contribution is -2.23. The molecule has 0 radical (unpaired) electrons. The van der Waals surface area contributed by atoms with Crippen LogP contribution in [0, 0.1) is 13.8 Å². The average Bonchev–Trinajstić information content (AvgIpc) is 2.78. The van der Waals surface area contributed by atoms with E-state index in [-0.39, 0.29) is 12.5 Å². The second-order valence-electron chi connectivity index (χ2n) is 5.24. The summed E-state index contributed by atoms with van der Waals surface area (Å²) in [5, 5.41) is 12.7. The Kier molecular flexibility index (Phi) is 5.16. The molecule has 118 valence electrons. The number of aliphatic hydroxyl groups excluding tert-OH is 1. The van der Waals surface area contributed by atoms with Gasteiger partial charge in [-0.05, 0) is 38.1 Å². The fraction of sp³-hybridized carbons (Fsp3) is 0.375. The number of rotatable bonds is 6. The quantitative estimate of drug-likeness (QED) is 0.854. The number of nitrogens with one attached hydrogen (secondary N) is 1. The fourth-order valence-electron chi connectivity index (χ4n) is 2.04. The highest BCUT2D eigenvalue weighted by atomic mass is 16.5. The number of aliphatic hydroxyl groups is 1. The van der Waals surface area contributed by atoms with Gasteiger partial charge in [-0.3, -0.25) is 4.79 Å². The van der Waals surface area contributed by atoms with E-state index in [1.807, 2.05) is 18.4 Å². The molecule has 0 aliphatic carbocycles. The maximum Gasteiger partial charge on any atom is 0.221 e. The summed E-state index contributed by atoms with van der Waals surface area (Å²) in [6.07, 6.45) is 1.10. The zero-order valence-electron chi connectivity index (χ0n) is 13.0. The number of hydrogen-bond donors (Lipinski definition) is 2. The van der Waals surface area contributed by atoms with Gasteiger partial charge in [0.15, 0.2) is 0 Å². The minimum Gasteiger partial charge on any atom is -0.491 e. The van der Waals surface area contributed by atoms with Crippen molar-refractivity contribution in [2.75, 3.05) is 11.9 Å². The van der Waals surface area contributed by atoms with Crippen LogP contribution in [0.1, 0.15) is 18.3 Å². The first kappa shape index (κ1) is 16.0. The molecule has 0 saturated heterocycles. The molecule has 0 aliphatic heterocycles. The van der Waals surface area contributed by atoms with Gasteiger partial charge in [-0.15, -0.1) is 0 Å². The van der Waals surface area contributed by atoms with Crippen LogP contribution in [-0.4, -0.2) is 33.3 Å². The van der Waals surface area contributed by atoms with E-state index in [2.05, 4.69) is 10.3 Å². The van der Waals surface area contributed by atoms with Gasteiger partial charge in [-0.2, -0.15) is 0 Å². The second-order valence-corrected chi connectivity index (χ2v) is 5.24. The molecule has 0 bridgehead atoms. The van der Waals surface area contributed by atoms with Gasteiger partial charge < -0.3 is 19.7 Å². The third-order valence-corrected chi connectivity index (χ3v) is 3.37. The Bertz CT molecular complexity index is 635. The average molecular weight is 303 g/mol. The number of ether oxygens (including phenoxy) is 1. The molecular formula is C16H21N3O3. The van der Waals surface area contributed by atoms with Crippen LogP contribution >= 0.6 is 0 Å². The number of carbonyl (C=O) groups excluding carboxylic acids is 1. The van der Waals surface area contributed by atoms with Crippen LogP contribution in [0.25, 0.3) is 0 Å². The van der Waals surface area contributed by atoms with Gasteiger partial charge in [0.2, 0.25) is 5.91 Å². The fourth-order valence-corrected chi connectivity index (χ4v) is 2.04. The lowest BCUT2D eigenvalue weighted by molar-refractivity contribution is -0.114. The summed E-state index contributed by atoms with van der Waals surface area (Å²) in [6, 6.07) is 7.02. The van der Waals surface area contributed by atoms with E-state index < -0.39 is 6.10 Å². The van der Waals surface area contributed by atoms with Gasteiger partial charge in [0.25, 0.3) is 0 Å². The van der Waals surface area contributed by atoms with E-state index in [4.69, 9.17) is 4.74 Å². The van der Waals surface area contributed by atoms with E-state index in [0.717, 1.165) is 11.4 Å². The molecule has 6 heteroatoms. The van der Waals surface area contributed by atoms with Gasteiger partial charge in [-0.25, -0.2) is 4.98 Å². The largest absolute Gasteiger partial charge is 0.491 e. The van der Waals surface area contributed by atoms with Gasteiger partial charge >= 0.3 is 0 Å². The first-order chi connectivity index (χ1) is 10.5. The lowest BCUT2D eigenvalue weighted by Gasteiger charge is -2.14. The maximum absolute atomic E-state index is 10.9. The van der Waals surface area contributed by atoms with Gasteiger partial charge in [0.1, 0.15) is 18.5 Å². The molecule has 1 amide bonds. The molecule has 0 spiro atoms. The van der Waals surface area contributed by atoms with Crippen LogP contribution < -0.4 is 10.1 Å². The van der Waals surface area contributed by atoms with Crippen LogP contribution in [0.4, 0.5) is 5.69 Å². The van der Waals surface area contributed by atoms with Crippen LogP contribution in [0.15, 0.2) is 30.6 Å². The zero-order valence-corrected chi connectivity index (χ0v) is 13.0. The smallest absolute Gasteiger partial charge is 0.221 e. The van der Waals surface area contributed by atoms with Gasteiger partial charge in [0.05, 0.1) is 18.6 Å². The highest BCUT2D eigenvalue weighted by Crippen LogP contribution is 2.16. The first-order valence-electron chi connectivity index (χ1n) is 7.12. The minimum absolute atomic E-state index is 0.116.